The molecule has 3 heteroatoms. The van der Waals surface area contributed by atoms with Crippen LogP contribution in [-0.2, 0) is 6.42 Å². The van der Waals surface area contributed by atoms with E-state index in [-0.39, 0.29) is 5.78 Å². The first kappa shape index (κ1) is 11.1. The number of ketones is 1. The molecule has 0 fully saturated rings. The third-order valence-corrected chi connectivity index (χ3v) is 3.97. The van der Waals surface area contributed by atoms with Crippen molar-refractivity contribution in [2.24, 2.45) is 0 Å². The molecule has 18 heavy (non-hydrogen) atoms. The first-order chi connectivity index (χ1) is 8.83. The zero-order valence-corrected chi connectivity index (χ0v) is 10.5. The third-order valence-electron chi connectivity index (χ3n) is 2.81. The van der Waals surface area contributed by atoms with Crippen molar-refractivity contribution >= 4 is 27.2 Å². The number of pyridine rings is 1. The van der Waals surface area contributed by atoms with Crippen molar-refractivity contribution in [3.8, 4) is 0 Å². The number of thiophene rings is 1. The van der Waals surface area contributed by atoms with Gasteiger partial charge in [0.1, 0.15) is 0 Å². The van der Waals surface area contributed by atoms with E-state index in [0.29, 0.717) is 6.42 Å². The summed E-state index contributed by atoms with van der Waals surface area (Å²) in [5.74, 6) is 0.169. The molecule has 0 atom stereocenters. The normalized spacial score (nSPS) is 10.7. The summed E-state index contributed by atoms with van der Waals surface area (Å²) >= 11 is 1.56. The van der Waals surface area contributed by atoms with Crippen LogP contribution in [0.1, 0.15) is 15.2 Å². The fourth-order valence-electron chi connectivity index (χ4n) is 1.89. The van der Waals surface area contributed by atoms with Crippen molar-refractivity contribution in [1.82, 2.24) is 4.98 Å². The van der Waals surface area contributed by atoms with Crippen molar-refractivity contribution in [3.05, 3.63) is 65.3 Å². The number of hydrogen-bond acceptors (Lipinski definition) is 3. The van der Waals surface area contributed by atoms with Crippen LogP contribution in [0.4, 0.5) is 0 Å². The zero-order chi connectivity index (χ0) is 12.4. The Balaban J connectivity index is 1.88. The van der Waals surface area contributed by atoms with Crippen LogP contribution < -0.4 is 0 Å². The molecule has 0 bridgehead atoms. The Hall–Kier alpha value is -2.00. The highest BCUT2D eigenvalue weighted by molar-refractivity contribution is 7.20. The van der Waals surface area contributed by atoms with Gasteiger partial charge in [0, 0.05) is 23.5 Å². The summed E-state index contributed by atoms with van der Waals surface area (Å²) in [7, 11) is 0. The highest BCUT2D eigenvalue weighted by atomic mass is 32.1. The minimum absolute atomic E-state index is 0.169. The van der Waals surface area contributed by atoms with Gasteiger partial charge in [0.2, 0.25) is 0 Å². The van der Waals surface area contributed by atoms with Gasteiger partial charge >= 0.3 is 0 Å². The summed E-state index contributed by atoms with van der Waals surface area (Å²) in [6.45, 7) is 0. The van der Waals surface area contributed by atoms with E-state index in [4.69, 9.17) is 0 Å². The summed E-state index contributed by atoms with van der Waals surface area (Å²) in [5.41, 5.74) is 1.01. The molecule has 2 aromatic heterocycles. The van der Waals surface area contributed by atoms with Gasteiger partial charge in [-0.25, -0.2) is 0 Å². The van der Waals surface area contributed by atoms with Gasteiger partial charge in [0.25, 0.3) is 0 Å². The number of nitrogens with zero attached hydrogens (tertiary/aromatic N) is 1. The van der Waals surface area contributed by atoms with E-state index in [2.05, 4.69) is 4.98 Å². The van der Waals surface area contributed by atoms with Crippen molar-refractivity contribution < 1.29 is 4.79 Å². The quantitative estimate of drug-likeness (QED) is 0.666. The summed E-state index contributed by atoms with van der Waals surface area (Å²) in [5, 5.41) is 1.14. The molecule has 0 aliphatic heterocycles. The smallest absolute Gasteiger partial charge is 0.177 e. The number of rotatable bonds is 3. The Morgan fingerprint density at radius 2 is 1.89 bits per heavy atom. The number of fused-ring (bicyclic) bond motifs is 1. The Morgan fingerprint density at radius 1 is 1.11 bits per heavy atom. The second-order valence-electron chi connectivity index (χ2n) is 4.10. The number of Topliss-reactive ketones (excluding diaryl/α,β-unsaturated/α-hetero) is 1. The maximum absolute atomic E-state index is 12.2. The molecular weight excluding hydrogens is 242 g/mol. The molecule has 0 spiro atoms. The summed E-state index contributed by atoms with van der Waals surface area (Å²) in [4.78, 5) is 17.0. The van der Waals surface area contributed by atoms with E-state index in [1.807, 2.05) is 42.5 Å². The molecule has 3 rings (SSSR count). The maximum atomic E-state index is 12.2. The number of carbonyl (C=O) groups excluding carboxylic acids is 1. The van der Waals surface area contributed by atoms with Gasteiger partial charge in [-0.3, -0.25) is 9.78 Å². The van der Waals surface area contributed by atoms with E-state index >= 15 is 0 Å². The van der Waals surface area contributed by atoms with E-state index < -0.39 is 0 Å². The molecule has 0 unspecified atom stereocenters. The number of hydrogen-bond donors (Lipinski definition) is 0. The van der Waals surface area contributed by atoms with Crippen LogP contribution >= 0.6 is 11.3 Å². The lowest BCUT2D eigenvalue weighted by atomic mass is 10.1. The lowest BCUT2D eigenvalue weighted by Gasteiger charge is -1.97. The average molecular weight is 253 g/mol. The van der Waals surface area contributed by atoms with E-state index in [1.54, 1.807) is 23.7 Å². The van der Waals surface area contributed by atoms with Gasteiger partial charge < -0.3 is 0 Å². The van der Waals surface area contributed by atoms with Crippen molar-refractivity contribution in [3.63, 3.8) is 0 Å². The Kier molecular flexibility index (Phi) is 2.90. The maximum Gasteiger partial charge on any atom is 0.177 e. The van der Waals surface area contributed by atoms with Gasteiger partial charge in [-0.1, -0.05) is 18.2 Å². The summed E-state index contributed by atoms with van der Waals surface area (Å²) in [6, 6.07) is 13.8. The second-order valence-corrected chi connectivity index (χ2v) is 5.19. The first-order valence-corrected chi connectivity index (χ1v) is 6.55. The number of benzene rings is 1. The molecule has 2 heterocycles. The standard InChI is InChI=1S/C15H11NOS/c17-13(9-11-5-7-16-8-6-11)15-10-12-3-1-2-4-14(12)18-15/h1-8,10H,9H2. The highest BCUT2D eigenvalue weighted by Gasteiger charge is 2.10. The lowest BCUT2D eigenvalue weighted by Crippen LogP contribution is -2.00. The van der Waals surface area contributed by atoms with Crippen LogP contribution in [0.2, 0.25) is 0 Å². The second kappa shape index (κ2) is 4.70. The monoisotopic (exact) mass is 253 g/mol. The molecule has 0 N–H and O–H groups in total. The number of aromatic nitrogens is 1. The van der Waals surface area contributed by atoms with Crippen LogP contribution in [0.25, 0.3) is 10.1 Å². The van der Waals surface area contributed by atoms with Gasteiger partial charge in [-0.05, 0) is 35.2 Å². The van der Waals surface area contributed by atoms with Crippen LogP contribution in [0.15, 0.2) is 54.9 Å². The fraction of sp³-hybridized carbons (Fsp3) is 0.0667. The highest BCUT2D eigenvalue weighted by Crippen LogP contribution is 2.26. The molecular formula is C15H11NOS. The third kappa shape index (κ3) is 2.17. The summed E-state index contributed by atoms with van der Waals surface area (Å²) in [6.07, 6.45) is 3.87. The average Bonchev–Trinajstić information content (AvgIpc) is 2.84. The predicted octanol–water partition coefficient (Wildman–Crippen LogP) is 3.72. The molecule has 0 saturated carbocycles. The molecule has 1 aromatic carbocycles. The molecule has 0 saturated heterocycles. The van der Waals surface area contributed by atoms with E-state index in [0.717, 1.165) is 20.5 Å². The van der Waals surface area contributed by atoms with Crippen molar-refractivity contribution in [2.45, 2.75) is 6.42 Å². The molecule has 3 aromatic rings. The minimum atomic E-state index is 0.169. The molecule has 88 valence electrons. The Labute approximate surface area is 109 Å². The fourth-order valence-corrected chi connectivity index (χ4v) is 2.89. The van der Waals surface area contributed by atoms with Gasteiger partial charge in [0.15, 0.2) is 5.78 Å². The topological polar surface area (TPSA) is 30.0 Å². The molecule has 0 aliphatic carbocycles. The molecule has 0 amide bonds. The molecule has 0 aliphatic rings. The molecule has 2 nitrogen and oxygen atoms in total. The van der Waals surface area contributed by atoms with Gasteiger partial charge in [-0.15, -0.1) is 11.3 Å². The van der Waals surface area contributed by atoms with Crippen molar-refractivity contribution in [2.75, 3.05) is 0 Å². The van der Waals surface area contributed by atoms with Crippen LogP contribution in [0.5, 0.6) is 0 Å². The SMILES string of the molecule is O=C(Cc1ccncc1)c1cc2ccccc2s1. The van der Waals surface area contributed by atoms with Crippen LogP contribution in [0, 0.1) is 0 Å². The molecule has 0 radical (unpaired) electrons. The summed E-state index contributed by atoms with van der Waals surface area (Å²) < 4.78 is 1.16. The minimum Gasteiger partial charge on any atom is -0.293 e. The Morgan fingerprint density at radius 3 is 2.67 bits per heavy atom. The lowest BCUT2D eigenvalue weighted by molar-refractivity contribution is 0.0997. The predicted molar refractivity (Wildman–Crippen MR) is 74.1 cm³/mol. The van der Waals surface area contributed by atoms with Crippen LogP contribution in [0.3, 0.4) is 0 Å². The van der Waals surface area contributed by atoms with Crippen molar-refractivity contribution in [1.29, 1.82) is 0 Å². The zero-order valence-electron chi connectivity index (χ0n) is 9.67. The van der Waals surface area contributed by atoms with Crippen LogP contribution in [-0.4, -0.2) is 10.8 Å². The van der Waals surface area contributed by atoms with Gasteiger partial charge in [-0.2, -0.15) is 0 Å². The van der Waals surface area contributed by atoms with E-state index in [1.165, 1.54) is 0 Å². The number of carbonyl (C=O) groups is 1. The first-order valence-electron chi connectivity index (χ1n) is 5.73. The Bertz CT molecular complexity index is 655. The largest absolute Gasteiger partial charge is 0.293 e. The van der Waals surface area contributed by atoms with E-state index in [9.17, 15) is 4.79 Å². The van der Waals surface area contributed by atoms with Gasteiger partial charge in [0.05, 0.1) is 4.88 Å².